The first kappa shape index (κ1) is 21.6. The van der Waals surface area contributed by atoms with Gasteiger partial charge in [-0.2, -0.15) is 0 Å². The zero-order valence-electron chi connectivity index (χ0n) is 16.4. The van der Waals surface area contributed by atoms with Crippen molar-refractivity contribution in [2.45, 2.75) is 44.4 Å². The van der Waals surface area contributed by atoms with Crippen molar-refractivity contribution in [1.29, 1.82) is 0 Å². The predicted molar refractivity (Wildman–Crippen MR) is 109 cm³/mol. The van der Waals surface area contributed by atoms with E-state index in [0.29, 0.717) is 30.0 Å². The lowest BCUT2D eigenvalue weighted by Gasteiger charge is -2.28. The highest BCUT2D eigenvalue weighted by molar-refractivity contribution is 6.36. The maximum atomic E-state index is 13.2. The second kappa shape index (κ2) is 9.11. The van der Waals surface area contributed by atoms with E-state index in [4.69, 9.17) is 11.6 Å². The van der Waals surface area contributed by atoms with Gasteiger partial charge in [0, 0.05) is 51.0 Å². The molecule has 1 saturated heterocycles. The van der Waals surface area contributed by atoms with Crippen LogP contribution >= 0.6 is 11.6 Å². The van der Waals surface area contributed by atoms with E-state index >= 15 is 0 Å². The molecule has 0 radical (unpaired) electrons. The van der Waals surface area contributed by atoms with E-state index < -0.39 is 5.92 Å². The number of carbonyl (C=O) groups is 2. The molecule has 2 heterocycles. The number of hydrogen-bond donors (Lipinski definition) is 2. The minimum Gasteiger partial charge on any atom is -0.356 e. The zero-order valence-corrected chi connectivity index (χ0v) is 17.2. The topological polar surface area (TPSA) is 63.1 Å². The Hall–Kier alpha value is -2.15. The van der Waals surface area contributed by atoms with Gasteiger partial charge in [0.1, 0.15) is 0 Å². The van der Waals surface area contributed by atoms with Crippen LogP contribution in [0.15, 0.2) is 24.4 Å². The average Bonchev–Trinajstić information content (AvgIpc) is 3.29. The summed E-state index contributed by atoms with van der Waals surface area (Å²) in [5.41, 5.74) is 1.41. The lowest BCUT2D eigenvalue weighted by atomic mass is 9.87. The number of fused-ring (bicyclic) bond motifs is 1. The average molecular weight is 426 g/mol. The minimum atomic E-state index is -2.54. The lowest BCUT2D eigenvalue weighted by Crippen LogP contribution is -2.33. The molecule has 2 N–H and O–H groups in total. The first-order valence-corrected chi connectivity index (χ1v) is 10.3. The van der Waals surface area contributed by atoms with E-state index in [-0.39, 0.29) is 30.6 Å². The van der Waals surface area contributed by atoms with Gasteiger partial charge in [-0.25, -0.2) is 8.78 Å². The van der Waals surface area contributed by atoms with Crippen LogP contribution in [0.5, 0.6) is 0 Å². The Kier molecular flexibility index (Phi) is 6.77. The van der Waals surface area contributed by atoms with Crippen LogP contribution in [0.25, 0.3) is 10.9 Å². The third-order valence-corrected chi connectivity index (χ3v) is 5.81. The van der Waals surface area contributed by atoms with E-state index in [1.54, 1.807) is 12.3 Å². The number of amides is 2. The summed E-state index contributed by atoms with van der Waals surface area (Å²) < 4.78 is 28.2. The lowest BCUT2D eigenvalue weighted by molar-refractivity contribution is -0.119. The Morgan fingerprint density at radius 3 is 2.66 bits per heavy atom. The SMILES string of the molecule is Cn1cc(C(=O)NCC2CCC(F)(F)CC2)c2c(Cl)cccc21.O=C1CCCN1. The molecule has 1 aliphatic carbocycles. The van der Waals surface area contributed by atoms with E-state index in [1.165, 1.54) is 0 Å². The van der Waals surface area contributed by atoms with Crippen LogP contribution in [0.4, 0.5) is 8.78 Å². The summed E-state index contributed by atoms with van der Waals surface area (Å²) in [5, 5.41) is 6.81. The molecule has 5 nitrogen and oxygen atoms in total. The zero-order chi connectivity index (χ0) is 21.0. The number of carbonyl (C=O) groups excluding carboxylic acids is 2. The number of benzene rings is 1. The summed E-state index contributed by atoms with van der Waals surface area (Å²) >= 11 is 6.22. The van der Waals surface area contributed by atoms with Crippen molar-refractivity contribution < 1.29 is 18.4 Å². The number of halogens is 3. The van der Waals surface area contributed by atoms with Crippen LogP contribution in [0.3, 0.4) is 0 Å². The van der Waals surface area contributed by atoms with Gasteiger partial charge in [0.25, 0.3) is 5.91 Å². The molecule has 1 aromatic heterocycles. The number of aromatic nitrogens is 1. The van der Waals surface area contributed by atoms with Gasteiger partial charge < -0.3 is 15.2 Å². The van der Waals surface area contributed by atoms with Crippen molar-refractivity contribution >= 4 is 34.3 Å². The molecule has 2 aromatic rings. The molecule has 2 amide bonds. The van der Waals surface area contributed by atoms with Crippen LogP contribution in [0.2, 0.25) is 5.02 Å². The highest BCUT2D eigenvalue weighted by Crippen LogP contribution is 2.36. The fourth-order valence-electron chi connectivity index (χ4n) is 3.77. The van der Waals surface area contributed by atoms with E-state index in [1.807, 2.05) is 23.7 Å². The smallest absolute Gasteiger partial charge is 0.253 e. The van der Waals surface area contributed by atoms with Gasteiger partial charge in [-0.3, -0.25) is 9.59 Å². The Bertz CT molecular complexity index is 879. The van der Waals surface area contributed by atoms with Crippen molar-refractivity contribution in [3.63, 3.8) is 0 Å². The number of alkyl halides is 2. The molecule has 1 saturated carbocycles. The van der Waals surface area contributed by atoms with Crippen LogP contribution in [0.1, 0.15) is 48.9 Å². The largest absolute Gasteiger partial charge is 0.356 e. The predicted octanol–water partition coefficient (Wildman–Crippen LogP) is 4.28. The summed E-state index contributed by atoms with van der Waals surface area (Å²) in [4.78, 5) is 22.6. The minimum absolute atomic E-state index is 0.0896. The molecule has 1 aliphatic heterocycles. The first-order chi connectivity index (χ1) is 13.8. The fourth-order valence-corrected chi connectivity index (χ4v) is 4.05. The van der Waals surface area contributed by atoms with Gasteiger partial charge >= 0.3 is 0 Å². The molecule has 0 atom stereocenters. The molecule has 1 aromatic carbocycles. The summed E-state index contributed by atoms with van der Waals surface area (Å²) in [7, 11) is 1.86. The third kappa shape index (κ3) is 5.47. The van der Waals surface area contributed by atoms with Gasteiger partial charge in [-0.05, 0) is 37.3 Å². The van der Waals surface area contributed by atoms with Crippen molar-refractivity contribution in [3.8, 4) is 0 Å². The summed E-state index contributed by atoms with van der Waals surface area (Å²) in [6.45, 7) is 1.31. The number of nitrogens with zero attached hydrogens (tertiary/aromatic N) is 1. The maximum Gasteiger partial charge on any atom is 0.253 e. The van der Waals surface area contributed by atoms with Crippen molar-refractivity contribution in [2.24, 2.45) is 13.0 Å². The normalized spacial score (nSPS) is 18.8. The first-order valence-electron chi connectivity index (χ1n) is 9.93. The molecule has 29 heavy (non-hydrogen) atoms. The van der Waals surface area contributed by atoms with Crippen molar-refractivity contribution in [3.05, 3.63) is 35.0 Å². The molecule has 2 aliphatic rings. The van der Waals surface area contributed by atoms with Gasteiger partial charge in [0.15, 0.2) is 0 Å². The van der Waals surface area contributed by atoms with Crippen LogP contribution in [0, 0.1) is 5.92 Å². The second-order valence-corrected chi connectivity index (χ2v) is 8.16. The number of rotatable bonds is 3. The molecule has 158 valence electrons. The summed E-state index contributed by atoms with van der Waals surface area (Å²) in [6.07, 6.45) is 4.23. The molecule has 0 bridgehead atoms. The third-order valence-electron chi connectivity index (χ3n) is 5.50. The Morgan fingerprint density at radius 2 is 2.07 bits per heavy atom. The van der Waals surface area contributed by atoms with Crippen LogP contribution in [-0.2, 0) is 11.8 Å². The molecule has 8 heteroatoms. The molecular weight excluding hydrogens is 400 g/mol. The summed E-state index contributed by atoms with van der Waals surface area (Å²) in [6, 6.07) is 5.50. The van der Waals surface area contributed by atoms with Gasteiger partial charge in [0.05, 0.1) is 16.1 Å². The van der Waals surface area contributed by atoms with Crippen LogP contribution < -0.4 is 10.6 Å². The second-order valence-electron chi connectivity index (χ2n) is 7.75. The Balaban J connectivity index is 0.000000343. The molecule has 4 rings (SSSR count). The summed E-state index contributed by atoms with van der Waals surface area (Å²) in [5.74, 6) is -2.43. The monoisotopic (exact) mass is 425 g/mol. The quantitative estimate of drug-likeness (QED) is 0.770. The Labute approximate surface area is 173 Å². The molecule has 2 fully saturated rings. The van der Waals surface area contributed by atoms with Gasteiger partial charge in [-0.15, -0.1) is 0 Å². The maximum absolute atomic E-state index is 13.2. The van der Waals surface area contributed by atoms with E-state index in [0.717, 1.165) is 30.3 Å². The van der Waals surface area contributed by atoms with E-state index in [2.05, 4.69) is 10.6 Å². The van der Waals surface area contributed by atoms with E-state index in [9.17, 15) is 18.4 Å². The van der Waals surface area contributed by atoms with Crippen molar-refractivity contribution in [2.75, 3.05) is 13.1 Å². The number of hydrogen-bond acceptors (Lipinski definition) is 2. The Morgan fingerprint density at radius 1 is 1.34 bits per heavy atom. The molecule has 0 spiro atoms. The highest BCUT2D eigenvalue weighted by atomic mass is 35.5. The van der Waals surface area contributed by atoms with Crippen LogP contribution in [-0.4, -0.2) is 35.4 Å². The number of nitrogens with one attached hydrogen (secondary N) is 2. The molecular formula is C21H26ClF2N3O2. The number of aryl methyl sites for hydroxylation is 1. The highest BCUT2D eigenvalue weighted by Gasteiger charge is 2.34. The molecule has 0 unspecified atom stereocenters. The van der Waals surface area contributed by atoms with Gasteiger partial charge in [-0.1, -0.05) is 17.7 Å². The standard InChI is InChI=1S/C17H19ClF2N2O.C4H7NO/c1-22-10-12(15-13(18)3-2-4-14(15)22)16(23)21-9-11-5-7-17(19,20)8-6-11;6-4-2-1-3-5-4/h2-4,10-11H,5-9H2,1H3,(H,21,23);1-3H2,(H,5,6). The van der Waals surface area contributed by atoms with Gasteiger partial charge in [0.2, 0.25) is 11.8 Å². The van der Waals surface area contributed by atoms with Crippen molar-refractivity contribution in [1.82, 2.24) is 15.2 Å². The fraction of sp³-hybridized carbons (Fsp3) is 0.524.